The van der Waals surface area contributed by atoms with Gasteiger partial charge in [0.15, 0.2) is 0 Å². The first kappa shape index (κ1) is 15.4. The molecule has 0 spiro atoms. The van der Waals surface area contributed by atoms with Gasteiger partial charge in [-0.2, -0.15) is 0 Å². The summed E-state index contributed by atoms with van der Waals surface area (Å²) in [7, 11) is 0. The summed E-state index contributed by atoms with van der Waals surface area (Å²) in [5.74, 6) is -0.0540. The maximum absolute atomic E-state index is 11.7. The fourth-order valence-corrected chi connectivity index (χ4v) is 3.10. The van der Waals surface area contributed by atoms with Gasteiger partial charge in [-0.3, -0.25) is 9.69 Å². The van der Waals surface area contributed by atoms with E-state index in [-0.39, 0.29) is 18.6 Å². The Bertz CT molecular complexity index is 391. The number of amides is 1. The van der Waals surface area contributed by atoms with Crippen LogP contribution in [0.4, 0.5) is 0 Å². The lowest BCUT2D eigenvalue weighted by Gasteiger charge is -2.34. The molecule has 5 nitrogen and oxygen atoms in total. The molecule has 1 aromatic heterocycles. The standard InChI is InChI=1S/C14H22N2O3S/c1-2-18-11-14(17)15-10-12(13-4-3-9-20-13)16-5-7-19-8-6-16/h3-4,9,12H,2,5-8,10-11H2,1H3,(H,15,17). The minimum atomic E-state index is -0.0540. The third-order valence-corrected chi connectivity index (χ3v) is 4.26. The first-order chi connectivity index (χ1) is 9.81. The molecular weight excluding hydrogens is 276 g/mol. The topological polar surface area (TPSA) is 50.8 Å². The van der Waals surface area contributed by atoms with Crippen molar-refractivity contribution in [1.29, 1.82) is 0 Å². The van der Waals surface area contributed by atoms with Crippen LogP contribution in [0.2, 0.25) is 0 Å². The van der Waals surface area contributed by atoms with Crippen LogP contribution in [0.3, 0.4) is 0 Å². The molecule has 112 valence electrons. The minimum Gasteiger partial charge on any atom is -0.379 e. The predicted octanol–water partition coefficient (Wildman–Crippen LogP) is 1.27. The van der Waals surface area contributed by atoms with Crippen molar-refractivity contribution in [3.63, 3.8) is 0 Å². The van der Waals surface area contributed by atoms with Crippen molar-refractivity contribution >= 4 is 17.2 Å². The number of carbonyl (C=O) groups is 1. The summed E-state index contributed by atoms with van der Waals surface area (Å²) in [6.07, 6.45) is 0. The van der Waals surface area contributed by atoms with Crippen molar-refractivity contribution in [2.45, 2.75) is 13.0 Å². The summed E-state index contributed by atoms with van der Waals surface area (Å²) in [4.78, 5) is 15.3. The highest BCUT2D eigenvalue weighted by atomic mass is 32.1. The van der Waals surface area contributed by atoms with Gasteiger partial charge < -0.3 is 14.8 Å². The molecule has 1 aliphatic rings. The normalized spacial score (nSPS) is 17.9. The molecule has 0 radical (unpaired) electrons. The van der Waals surface area contributed by atoms with E-state index >= 15 is 0 Å². The Kier molecular flexibility index (Phi) is 6.46. The Labute approximate surface area is 123 Å². The molecular formula is C14H22N2O3S. The van der Waals surface area contributed by atoms with Crippen LogP contribution >= 0.6 is 11.3 Å². The average Bonchev–Trinajstić information content (AvgIpc) is 3.00. The Hall–Kier alpha value is -0.950. The fraction of sp³-hybridized carbons (Fsp3) is 0.643. The summed E-state index contributed by atoms with van der Waals surface area (Å²) < 4.78 is 10.5. The molecule has 1 unspecified atom stereocenters. The van der Waals surface area contributed by atoms with Gasteiger partial charge >= 0.3 is 0 Å². The van der Waals surface area contributed by atoms with E-state index in [1.807, 2.05) is 6.92 Å². The Morgan fingerprint density at radius 1 is 1.55 bits per heavy atom. The molecule has 2 heterocycles. The molecule has 1 aliphatic heterocycles. The van der Waals surface area contributed by atoms with Crippen LogP contribution in [0.5, 0.6) is 0 Å². The average molecular weight is 298 g/mol. The maximum Gasteiger partial charge on any atom is 0.246 e. The number of hydrogen-bond acceptors (Lipinski definition) is 5. The number of carbonyl (C=O) groups excluding carboxylic acids is 1. The van der Waals surface area contributed by atoms with Gasteiger partial charge in [-0.15, -0.1) is 11.3 Å². The van der Waals surface area contributed by atoms with Crippen LogP contribution in [0.25, 0.3) is 0 Å². The first-order valence-corrected chi connectivity index (χ1v) is 7.89. The van der Waals surface area contributed by atoms with E-state index < -0.39 is 0 Å². The van der Waals surface area contributed by atoms with E-state index in [1.165, 1.54) is 4.88 Å². The lowest BCUT2D eigenvalue weighted by Crippen LogP contribution is -2.44. The molecule has 1 amide bonds. The molecule has 1 aromatic rings. The molecule has 20 heavy (non-hydrogen) atoms. The van der Waals surface area contributed by atoms with Gasteiger partial charge in [0.25, 0.3) is 0 Å². The smallest absolute Gasteiger partial charge is 0.246 e. The quantitative estimate of drug-likeness (QED) is 0.824. The lowest BCUT2D eigenvalue weighted by molar-refractivity contribution is -0.125. The summed E-state index contributed by atoms with van der Waals surface area (Å²) in [6.45, 7) is 6.53. The zero-order chi connectivity index (χ0) is 14.2. The van der Waals surface area contributed by atoms with Crippen molar-refractivity contribution in [1.82, 2.24) is 10.2 Å². The second-order valence-electron chi connectivity index (χ2n) is 4.62. The Morgan fingerprint density at radius 2 is 2.35 bits per heavy atom. The Balaban J connectivity index is 1.91. The van der Waals surface area contributed by atoms with Crippen LogP contribution < -0.4 is 5.32 Å². The number of morpholine rings is 1. The van der Waals surface area contributed by atoms with E-state index in [1.54, 1.807) is 11.3 Å². The fourth-order valence-electron chi connectivity index (χ4n) is 2.24. The molecule has 2 rings (SSSR count). The lowest BCUT2D eigenvalue weighted by atomic mass is 10.2. The second kappa shape index (κ2) is 8.36. The number of thiophene rings is 1. The second-order valence-corrected chi connectivity index (χ2v) is 5.60. The summed E-state index contributed by atoms with van der Waals surface area (Å²) in [5, 5.41) is 5.04. The molecule has 1 atom stereocenters. The van der Waals surface area contributed by atoms with E-state index in [2.05, 4.69) is 27.7 Å². The largest absolute Gasteiger partial charge is 0.379 e. The molecule has 0 aromatic carbocycles. The van der Waals surface area contributed by atoms with Gasteiger partial charge in [-0.25, -0.2) is 0 Å². The van der Waals surface area contributed by atoms with Crippen molar-refractivity contribution in [3.05, 3.63) is 22.4 Å². The van der Waals surface area contributed by atoms with Crippen LogP contribution in [-0.4, -0.2) is 56.9 Å². The molecule has 0 bridgehead atoms. The maximum atomic E-state index is 11.7. The van der Waals surface area contributed by atoms with Gasteiger partial charge in [0.05, 0.1) is 19.3 Å². The molecule has 1 fully saturated rings. The molecule has 0 saturated carbocycles. The van der Waals surface area contributed by atoms with Gasteiger partial charge in [0, 0.05) is 31.1 Å². The third kappa shape index (κ3) is 4.56. The van der Waals surface area contributed by atoms with Crippen LogP contribution in [0, 0.1) is 0 Å². The third-order valence-electron chi connectivity index (χ3n) is 3.29. The van der Waals surface area contributed by atoms with E-state index in [0.29, 0.717) is 13.2 Å². The Morgan fingerprint density at radius 3 is 3.00 bits per heavy atom. The highest BCUT2D eigenvalue weighted by Gasteiger charge is 2.23. The SMILES string of the molecule is CCOCC(=O)NCC(c1cccs1)N1CCOCC1. The van der Waals surface area contributed by atoms with Crippen molar-refractivity contribution in [2.75, 3.05) is 46.1 Å². The highest BCUT2D eigenvalue weighted by Crippen LogP contribution is 2.25. The van der Waals surface area contributed by atoms with Gasteiger partial charge in [0.1, 0.15) is 6.61 Å². The predicted molar refractivity (Wildman–Crippen MR) is 79.0 cm³/mol. The number of nitrogens with one attached hydrogen (secondary N) is 1. The van der Waals surface area contributed by atoms with Gasteiger partial charge in [-0.1, -0.05) is 6.07 Å². The van der Waals surface area contributed by atoms with E-state index in [0.717, 1.165) is 26.3 Å². The van der Waals surface area contributed by atoms with Crippen molar-refractivity contribution in [2.24, 2.45) is 0 Å². The van der Waals surface area contributed by atoms with Gasteiger partial charge in [0.2, 0.25) is 5.91 Å². The highest BCUT2D eigenvalue weighted by molar-refractivity contribution is 7.10. The molecule has 6 heteroatoms. The molecule has 1 saturated heterocycles. The summed E-state index contributed by atoms with van der Waals surface area (Å²) in [5.41, 5.74) is 0. The molecule has 0 aliphatic carbocycles. The zero-order valence-electron chi connectivity index (χ0n) is 11.8. The number of nitrogens with zero attached hydrogens (tertiary/aromatic N) is 1. The van der Waals surface area contributed by atoms with Gasteiger partial charge in [-0.05, 0) is 18.4 Å². The van der Waals surface area contributed by atoms with Crippen LogP contribution in [0.15, 0.2) is 17.5 Å². The van der Waals surface area contributed by atoms with E-state index in [4.69, 9.17) is 9.47 Å². The zero-order valence-corrected chi connectivity index (χ0v) is 12.7. The number of ether oxygens (including phenoxy) is 2. The van der Waals surface area contributed by atoms with Crippen molar-refractivity contribution < 1.29 is 14.3 Å². The summed E-state index contributed by atoms with van der Waals surface area (Å²) >= 11 is 1.73. The number of hydrogen-bond donors (Lipinski definition) is 1. The van der Waals surface area contributed by atoms with Crippen molar-refractivity contribution in [3.8, 4) is 0 Å². The monoisotopic (exact) mass is 298 g/mol. The van der Waals surface area contributed by atoms with Crippen LogP contribution in [0.1, 0.15) is 17.8 Å². The minimum absolute atomic E-state index is 0.0540. The van der Waals surface area contributed by atoms with Crippen LogP contribution in [-0.2, 0) is 14.3 Å². The number of rotatable bonds is 7. The summed E-state index contributed by atoms with van der Waals surface area (Å²) in [6, 6.07) is 4.40. The van der Waals surface area contributed by atoms with E-state index in [9.17, 15) is 4.79 Å². The molecule has 1 N–H and O–H groups in total. The first-order valence-electron chi connectivity index (χ1n) is 7.01.